The molecule has 5 heteroatoms. The molecule has 0 radical (unpaired) electrons. The van der Waals surface area contributed by atoms with Gasteiger partial charge in [0.1, 0.15) is 5.60 Å². The van der Waals surface area contributed by atoms with Crippen LogP contribution in [-0.2, 0) is 4.74 Å². The van der Waals surface area contributed by atoms with Gasteiger partial charge in [-0.15, -0.1) is 0 Å². The lowest BCUT2D eigenvalue weighted by molar-refractivity contribution is 0.0164. The fourth-order valence-electron chi connectivity index (χ4n) is 3.86. The molecule has 1 saturated heterocycles. The number of hydrogen-bond donors (Lipinski definition) is 2. The molecule has 5 nitrogen and oxygen atoms in total. The summed E-state index contributed by atoms with van der Waals surface area (Å²) in [5.74, 6) is 0.476. The minimum atomic E-state index is -0.442. The van der Waals surface area contributed by atoms with Gasteiger partial charge in [0.05, 0.1) is 6.61 Å². The van der Waals surface area contributed by atoms with Gasteiger partial charge in [-0.2, -0.15) is 0 Å². The third kappa shape index (κ3) is 4.35. The predicted molar refractivity (Wildman–Crippen MR) is 86.8 cm³/mol. The molecule has 4 atom stereocenters. The number of aliphatic hydroxyl groups is 1. The van der Waals surface area contributed by atoms with Crippen molar-refractivity contribution in [1.29, 1.82) is 0 Å². The quantitative estimate of drug-likeness (QED) is 0.837. The van der Waals surface area contributed by atoms with E-state index < -0.39 is 5.60 Å². The Hall–Kier alpha value is -0.810. The zero-order valence-electron chi connectivity index (χ0n) is 14.5. The Bertz CT molecular complexity index is 381. The Morgan fingerprint density at radius 3 is 2.68 bits per heavy atom. The van der Waals surface area contributed by atoms with Crippen LogP contribution in [0.4, 0.5) is 4.79 Å². The lowest BCUT2D eigenvalue weighted by Crippen LogP contribution is -2.49. The molecule has 22 heavy (non-hydrogen) atoms. The van der Waals surface area contributed by atoms with Gasteiger partial charge in [-0.3, -0.25) is 0 Å². The maximum Gasteiger partial charge on any atom is 0.410 e. The predicted octanol–water partition coefficient (Wildman–Crippen LogP) is 2.53. The van der Waals surface area contributed by atoms with E-state index in [-0.39, 0.29) is 24.8 Å². The summed E-state index contributed by atoms with van der Waals surface area (Å²) in [4.78, 5) is 14.4. The SMILES string of the molecule is CC(CO)NC1CCCC1C1CCCN1C(=O)OC(C)(C)C. The minimum Gasteiger partial charge on any atom is -0.444 e. The Kier molecular flexibility index (Phi) is 5.72. The van der Waals surface area contributed by atoms with Gasteiger partial charge in [0.15, 0.2) is 0 Å². The number of carbonyl (C=O) groups excluding carboxylic acids is 1. The van der Waals surface area contributed by atoms with Gasteiger partial charge in [-0.05, 0) is 59.3 Å². The van der Waals surface area contributed by atoms with E-state index in [0.717, 1.165) is 32.2 Å². The lowest BCUT2D eigenvalue weighted by atomic mass is 9.92. The third-order valence-electron chi connectivity index (χ3n) is 4.76. The largest absolute Gasteiger partial charge is 0.444 e. The molecular weight excluding hydrogens is 280 g/mol. The first-order chi connectivity index (χ1) is 10.3. The van der Waals surface area contributed by atoms with Gasteiger partial charge in [-0.25, -0.2) is 4.79 Å². The summed E-state index contributed by atoms with van der Waals surface area (Å²) < 4.78 is 5.58. The van der Waals surface area contributed by atoms with Crippen molar-refractivity contribution in [3.05, 3.63) is 0 Å². The highest BCUT2D eigenvalue weighted by atomic mass is 16.6. The molecule has 4 unspecified atom stereocenters. The van der Waals surface area contributed by atoms with Crippen molar-refractivity contribution < 1.29 is 14.6 Å². The topological polar surface area (TPSA) is 61.8 Å². The molecule has 1 heterocycles. The van der Waals surface area contributed by atoms with Crippen LogP contribution in [0.15, 0.2) is 0 Å². The normalized spacial score (nSPS) is 30.6. The van der Waals surface area contributed by atoms with Crippen LogP contribution in [0, 0.1) is 5.92 Å². The molecule has 0 aromatic rings. The molecule has 0 aromatic heterocycles. The van der Waals surface area contributed by atoms with Gasteiger partial charge in [0.2, 0.25) is 0 Å². The fraction of sp³-hybridized carbons (Fsp3) is 0.941. The Morgan fingerprint density at radius 1 is 1.32 bits per heavy atom. The van der Waals surface area contributed by atoms with Gasteiger partial charge < -0.3 is 20.1 Å². The van der Waals surface area contributed by atoms with E-state index in [1.807, 2.05) is 32.6 Å². The number of likely N-dealkylation sites (tertiary alicyclic amines) is 1. The van der Waals surface area contributed by atoms with E-state index in [4.69, 9.17) is 4.74 Å². The number of carbonyl (C=O) groups is 1. The van der Waals surface area contributed by atoms with Crippen LogP contribution in [0.3, 0.4) is 0 Å². The maximum absolute atomic E-state index is 12.5. The number of ether oxygens (including phenoxy) is 1. The number of hydrogen-bond acceptors (Lipinski definition) is 4. The molecule has 2 rings (SSSR count). The molecule has 1 amide bonds. The molecular formula is C17H32N2O3. The van der Waals surface area contributed by atoms with Crippen LogP contribution in [0.2, 0.25) is 0 Å². The van der Waals surface area contributed by atoms with Crippen LogP contribution in [0.5, 0.6) is 0 Å². The Balaban J connectivity index is 2.01. The first kappa shape index (κ1) is 17.5. The standard InChI is InChI=1S/C17H32N2O3/c1-12(11-20)18-14-8-5-7-13(14)15-9-6-10-19(15)16(21)22-17(2,3)4/h12-15,18,20H,5-11H2,1-4H3. The summed E-state index contributed by atoms with van der Waals surface area (Å²) in [7, 11) is 0. The summed E-state index contributed by atoms with van der Waals surface area (Å²) in [6.07, 6.45) is 5.43. The fourth-order valence-corrected chi connectivity index (χ4v) is 3.86. The third-order valence-corrected chi connectivity index (χ3v) is 4.76. The maximum atomic E-state index is 12.5. The molecule has 2 aliphatic rings. The van der Waals surface area contributed by atoms with Gasteiger partial charge >= 0.3 is 6.09 Å². The Morgan fingerprint density at radius 2 is 2.05 bits per heavy atom. The number of nitrogens with one attached hydrogen (secondary N) is 1. The smallest absolute Gasteiger partial charge is 0.410 e. The molecule has 0 spiro atoms. The van der Waals surface area contributed by atoms with Crippen molar-refractivity contribution >= 4 is 6.09 Å². The van der Waals surface area contributed by atoms with Crippen LogP contribution < -0.4 is 5.32 Å². The van der Waals surface area contributed by atoms with E-state index in [1.54, 1.807) is 0 Å². The summed E-state index contributed by atoms with van der Waals surface area (Å²) in [5.41, 5.74) is -0.442. The Labute approximate surface area is 134 Å². The molecule has 1 saturated carbocycles. The summed E-state index contributed by atoms with van der Waals surface area (Å²) in [6.45, 7) is 8.72. The van der Waals surface area contributed by atoms with E-state index in [2.05, 4.69) is 5.32 Å². The highest BCUT2D eigenvalue weighted by Gasteiger charge is 2.42. The van der Waals surface area contributed by atoms with Crippen LogP contribution in [0.25, 0.3) is 0 Å². The minimum absolute atomic E-state index is 0.113. The van der Waals surface area contributed by atoms with Crippen molar-refractivity contribution in [1.82, 2.24) is 10.2 Å². The molecule has 1 aliphatic heterocycles. The first-order valence-electron chi connectivity index (χ1n) is 8.68. The van der Waals surface area contributed by atoms with Crippen molar-refractivity contribution in [2.75, 3.05) is 13.2 Å². The average molecular weight is 312 g/mol. The van der Waals surface area contributed by atoms with E-state index in [9.17, 15) is 9.90 Å². The number of amides is 1. The monoisotopic (exact) mass is 312 g/mol. The van der Waals surface area contributed by atoms with Crippen LogP contribution >= 0.6 is 0 Å². The van der Waals surface area contributed by atoms with E-state index >= 15 is 0 Å². The summed E-state index contributed by atoms with van der Waals surface area (Å²) >= 11 is 0. The van der Waals surface area contributed by atoms with E-state index in [1.165, 1.54) is 6.42 Å². The van der Waals surface area contributed by atoms with E-state index in [0.29, 0.717) is 12.0 Å². The second-order valence-corrected chi connectivity index (χ2v) is 7.83. The van der Waals surface area contributed by atoms with Gasteiger partial charge in [0.25, 0.3) is 0 Å². The number of rotatable bonds is 4. The first-order valence-corrected chi connectivity index (χ1v) is 8.68. The second-order valence-electron chi connectivity index (χ2n) is 7.83. The van der Waals surface area contributed by atoms with Crippen LogP contribution in [0.1, 0.15) is 59.8 Å². The molecule has 0 aromatic carbocycles. The molecule has 0 bridgehead atoms. The molecule has 128 valence electrons. The van der Waals surface area contributed by atoms with Crippen molar-refractivity contribution in [2.45, 2.75) is 83.5 Å². The molecule has 1 aliphatic carbocycles. The second kappa shape index (κ2) is 7.18. The molecule has 2 fully saturated rings. The lowest BCUT2D eigenvalue weighted by Gasteiger charge is -2.35. The number of aliphatic hydroxyl groups excluding tert-OH is 1. The van der Waals surface area contributed by atoms with Crippen molar-refractivity contribution in [2.24, 2.45) is 5.92 Å². The highest BCUT2D eigenvalue weighted by molar-refractivity contribution is 5.69. The average Bonchev–Trinajstić information content (AvgIpc) is 3.04. The zero-order chi connectivity index (χ0) is 16.3. The van der Waals surface area contributed by atoms with Crippen molar-refractivity contribution in [3.63, 3.8) is 0 Å². The summed E-state index contributed by atoms with van der Waals surface area (Å²) in [6, 6.07) is 0.790. The highest BCUT2D eigenvalue weighted by Crippen LogP contribution is 2.36. The van der Waals surface area contributed by atoms with Crippen molar-refractivity contribution in [3.8, 4) is 0 Å². The van der Waals surface area contributed by atoms with Gasteiger partial charge in [0, 0.05) is 24.7 Å². The van der Waals surface area contributed by atoms with Crippen LogP contribution in [-0.4, -0.2) is 53.0 Å². The summed E-state index contributed by atoms with van der Waals surface area (Å²) in [5, 5.41) is 12.8. The van der Waals surface area contributed by atoms with Gasteiger partial charge in [-0.1, -0.05) is 6.42 Å². The zero-order valence-corrected chi connectivity index (χ0v) is 14.5. The molecule has 2 N–H and O–H groups in total. The number of nitrogens with zero attached hydrogens (tertiary/aromatic N) is 1.